The quantitative estimate of drug-likeness (QED) is 0.310. The zero-order chi connectivity index (χ0) is 25.6. The number of carbonyl (C=O) groups excluding carboxylic acids is 1. The van der Waals surface area contributed by atoms with Crippen LogP contribution in [0, 0.1) is 11.3 Å². The summed E-state index contributed by atoms with van der Waals surface area (Å²) in [7, 11) is 3.70. The molecule has 6 heteroatoms. The van der Waals surface area contributed by atoms with E-state index in [4.69, 9.17) is 4.98 Å². The zero-order valence-corrected chi connectivity index (χ0v) is 21.1. The average molecular weight is 474 g/mol. The summed E-state index contributed by atoms with van der Waals surface area (Å²) in [6.45, 7) is 5.39. The molecule has 0 aliphatic heterocycles. The van der Waals surface area contributed by atoms with E-state index in [1.165, 1.54) is 0 Å². The molecule has 0 saturated heterocycles. The first-order valence-corrected chi connectivity index (χ1v) is 11.8. The molecule has 5 aromatic rings. The molecular formula is C30H27N5O. The minimum absolute atomic E-state index is 0.00211. The van der Waals surface area contributed by atoms with Gasteiger partial charge in [-0.2, -0.15) is 10.4 Å². The number of aromatic nitrogens is 3. The van der Waals surface area contributed by atoms with E-state index in [2.05, 4.69) is 23.3 Å². The van der Waals surface area contributed by atoms with Crippen molar-refractivity contribution in [3.05, 3.63) is 78.5 Å². The van der Waals surface area contributed by atoms with E-state index < -0.39 is 5.41 Å². The van der Waals surface area contributed by atoms with Gasteiger partial charge in [0.25, 0.3) is 0 Å². The first-order valence-electron chi connectivity index (χ1n) is 11.8. The zero-order valence-electron chi connectivity index (χ0n) is 21.1. The number of nitriles is 1. The van der Waals surface area contributed by atoms with E-state index in [0.29, 0.717) is 0 Å². The number of fused-ring (bicyclic) bond motifs is 3. The molecule has 0 atom stereocenters. The summed E-state index contributed by atoms with van der Waals surface area (Å²) in [4.78, 5) is 18.3. The highest BCUT2D eigenvalue weighted by atomic mass is 16.2. The molecule has 0 aliphatic rings. The third-order valence-corrected chi connectivity index (χ3v) is 6.90. The molecule has 5 rings (SSSR count). The van der Waals surface area contributed by atoms with Gasteiger partial charge in [-0.15, -0.1) is 0 Å². The highest BCUT2D eigenvalue weighted by Crippen LogP contribution is 2.35. The van der Waals surface area contributed by atoms with Crippen LogP contribution in [0.4, 0.5) is 5.69 Å². The van der Waals surface area contributed by atoms with Crippen molar-refractivity contribution in [2.24, 2.45) is 7.05 Å². The molecule has 3 aromatic carbocycles. The van der Waals surface area contributed by atoms with Gasteiger partial charge in [0.1, 0.15) is 0 Å². The van der Waals surface area contributed by atoms with Crippen molar-refractivity contribution in [2.75, 3.05) is 11.9 Å². The molecule has 0 spiro atoms. The number of benzene rings is 3. The summed E-state index contributed by atoms with van der Waals surface area (Å²) in [5, 5.41) is 16.1. The molecule has 0 radical (unpaired) electrons. The first kappa shape index (κ1) is 23.3. The van der Waals surface area contributed by atoms with E-state index in [1.54, 1.807) is 18.9 Å². The topological polar surface area (TPSA) is 74.8 Å². The van der Waals surface area contributed by atoms with Crippen LogP contribution in [0.3, 0.4) is 0 Å². The second kappa shape index (κ2) is 8.62. The number of amides is 1. The van der Waals surface area contributed by atoms with E-state index >= 15 is 0 Å². The summed E-state index contributed by atoms with van der Waals surface area (Å²) in [6.07, 6.45) is 1.89. The van der Waals surface area contributed by atoms with Crippen LogP contribution in [-0.2, 0) is 17.3 Å². The molecule has 6 nitrogen and oxygen atoms in total. The predicted octanol–water partition coefficient (Wildman–Crippen LogP) is 6.24. The Morgan fingerprint density at radius 1 is 0.944 bits per heavy atom. The molecule has 1 amide bonds. The summed E-state index contributed by atoms with van der Waals surface area (Å²) >= 11 is 0. The Kier molecular flexibility index (Phi) is 5.57. The van der Waals surface area contributed by atoms with Crippen molar-refractivity contribution >= 4 is 33.4 Å². The van der Waals surface area contributed by atoms with Gasteiger partial charge in [0, 0.05) is 43.0 Å². The van der Waals surface area contributed by atoms with Gasteiger partial charge in [-0.3, -0.25) is 9.48 Å². The second-order valence-corrected chi connectivity index (χ2v) is 9.66. The Bertz CT molecular complexity index is 1660. The van der Waals surface area contributed by atoms with Crippen molar-refractivity contribution in [1.29, 1.82) is 5.26 Å². The minimum Gasteiger partial charge on any atom is -0.316 e. The average Bonchev–Trinajstić information content (AvgIpc) is 3.29. The highest BCUT2D eigenvalue weighted by Gasteiger charge is 2.20. The number of pyridine rings is 1. The van der Waals surface area contributed by atoms with Crippen LogP contribution in [0.25, 0.3) is 44.2 Å². The number of hydrogen-bond acceptors (Lipinski definition) is 4. The number of anilines is 1. The van der Waals surface area contributed by atoms with Crippen LogP contribution in [-0.4, -0.2) is 27.7 Å². The molecule has 0 fully saturated rings. The van der Waals surface area contributed by atoms with Crippen molar-refractivity contribution in [2.45, 2.75) is 26.2 Å². The summed E-state index contributed by atoms with van der Waals surface area (Å²) in [5.41, 5.74) is 7.12. The van der Waals surface area contributed by atoms with Crippen LogP contribution in [0.15, 0.2) is 72.9 Å². The van der Waals surface area contributed by atoms with Crippen molar-refractivity contribution < 1.29 is 4.79 Å². The maximum atomic E-state index is 11.7. The largest absolute Gasteiger partial charge is 0.316 e. The normalized spacial score (nSPS) is 11.6. The fourth-order valence-corrected chi connectivity index (χ4v) is 4.49. The molecule has 178 valence electrons. The lowest BCUT2D eigenvalue weighted by molar-refractivity contribution is -0.116. The van der Waals surface area contributed by atoms with Crippen molar-refractivity contribution in [1.82, 2.24) is 14.8 Å². The van der Waals surface area contributed by atoms with Gasteiger partial charge in [0.2, 0.25) is 5.91 Å². The molecule has 0 unspecified atom stereocenters. The van der Waals surface area contributed by atoms with Gasteiger partial charge < -0.3 is 4.90 Å². The van der Waals surface area contributed by atoms with Crippen LogP contribution >= 0.6 is 0 Å². The maximum Gasteiger partial charge on any atom is 0.223 e. The monoisotopic (exact) mass is 473 g/mol. The second-order valence-electron chi connectivity index (χ2n) is 9.66. The van der Waals surface area contributed by atoms with Crippen LogP contribution in [0.5, 0.6) is 0 Å². The molecule has 0 aliphatic carbocycles. The fourth-order valence-electron chi connectivity index (χ4n) is 4.49. The Morgan fingerprint density at radius 3 is 2.22 bits per heavy atom. The van der Waals surface area contributed by atoms with E-state index in [1.807, 2.05) is 86.4 Å². The van der Waals surface area contributed by atoms with Gasteiger partial charge in [0.15, 0.2) is 0 Å². The Hall–Kier alpha value is -4.50. The van der Waals surface area contributed by atoms with Gasteiger partial charge in [-0.05, 0) is 54.8 Å². The third kappa shape index (κ3) is 3.89. The molecule has 36 heavy (non-hydrogen) atoms. The lowest BCUT2D eigenvalue weighted by Gasteiger charge is -2.16. The molecule has 0 N–H and O–H groups in total. The number of aryl methyl sites for hydroxylation is 1. The van der Waals surface area contributed by atoms with E-state index in [0.717, 1.165) is 55.4 Å². The number of nitrogens with zero attached hydrogens (tertiary/aromatic N) is 5. The van der Waals surface area contributed by atoms with E-state index in [-0.39, 0.29) is 5.91 Å². The van der Waals surface area contributed by atoms with Crippen LogP contribution < -0.4 is 4.90 Å². The SMILES string of the molecule is CC(=O)N(C)c1ccc(-c2ccc3nc(-c4ccc(C(C)(C)C#N)cc4)c4c(cnn4C)c3c2)cc1. The van der Waals surface area contributed by atoms with Crippen LogP contribution in [0.2, 0.25) is 0 Å². The molecule has 2 heterocycles. The lowest BCUT2D eigenvalue weighted by atomic mass is 9.86. The fraction of sp³-hybridized carbons (Fsp3) is 0.200. The van der Waals surface area contributed by atoms with E-state index in [9.17, 15) is 10.1 Å². The summed E-state index contributed by atoms with van der Waals surface area (Å²) < 4.78 is 1.86. The van der Waals surface area contributed by atoms with Gasteiger partial charge in [-0.1, -0.05) is 42.5 Å². The summed E-state index contributed by atoms with van der Waals surface area (Å²) in [5.74, 6) is -0.00211. The minimum atomic E-state index is -0.548. The molecule has 0 saturated carbocycles. The lowest BCUT2D eigenvalue weighted by Crippen LogP contribution is -2.22. The first-order chi connectivity index (χ1) is 17.2. The van der Waals surface area contributed by atoms with Gasteiger partial charge in [-0.25, -0.2) is 4.98 Å². The van der Waals surface area contributed by atoms with Crippen molar-refractivity contribution in [3.8, 4) is 28.5 Å². The standard InChI is InChI=1S/C30H27N5O/c1-19(36)34(4)24-13-8-20(9-14-24)22-10-15-27-25(16-22)26-17-32-35(5)29(26)28(33-27)21-6-11-23(12-7-21)30(2,3)18-31/h6-17H,1-5H3. The predicted molar refractivity (Wildman–Crippen MR) is 145 cm³/mol. The molecule has 2 aromatic heterocycles. The number of carbonyl (C=O) groups is 1. The van der Waals surface area contributed by atoms with Gasteiger partial charge in [0.05, 0.1) is 34.4 Å². The van der Waals surface area contributed by atoms with Crippen molar-refractivity contribution in [3.63, 3.8) is 0 Å². The Morgan fingerprint density at radius 2 is 1.58 bits per heavy atom. The molecular weight excluding hydrogens is 446 g/mol. The Balaban J connectivity index is 1.61. The molecule has 0 bridgehead atoms. The summed E-state index contributed by atoms with van der Waals surface area (Å²) in [6, 6.07) is 24.7. The third-order valence-electron chi connectivity index (χ3n) is 6.90. The smallest absolute Gasteiger partial charge is 0.223 e. The highest BCUT2D eigenvalue weighted by molar-refractivity contribution is 6.10. The van der Waals surface area contributed by atoms with Gasteiger partial charge >= 0.3 is 0 Å². The number of rotatable bonds is 4. The maximum absolute atomic E-state index is 11.7. The van der Waals surface area contributed by atoms with Crippen LogP contribution in [0.1, 0.15) is 26.3 Å². The Labute approximate surface area is 210 Å². The number of hydrogen-bond donors (Lipinski definition) is 0.